The summed E-state index contributed by atoms with van der Waals surface area (Å²) in [7, 11) is 0. The fourth-order valence-corrected chi connectivity index (χ4v) is 4.53. The lowest BCUT2D eigenvalue weighted by atomic mass is 10.1. The normalized spacial score (nSPS) is 17.3. The van der Waals surface area contributed by atoms with Crippen LogP contribution in [0.15, 0.2) is 41.2 Å². The number of hydrogen-bond acceptors (Lipinski definition) is 6. The molecule has 0 bridgehead atoms. The lowest BCUT2D eigenvalue weighted by Crippen LogP contribution is -2.37. The number of aromatic nitrogens is 2. The first kappa shape index (κ1) is 22.4. The Balaban J connectivity index is 1.37. The third-order valence-electron chi connectivity index (χ3n) is 6.42. The molecule has 0 unspecified atom stereocenters. The SMILES string of the molecule is O=Cc1ccc(/C=C2\CCn3c2nc2cc(NCCCN4CCOCC4)c(F)cc2c3=O)cc1. The van der Waals surface area contributed by atoms with Crippen LogP contribution in [0.2, 0.25) is 0 Å². The van der Waals surface area contributed by atoms with Gasteiger partial charge in [0.1, 0.15) is 17.9 Å². The smallest absolute Gasteiger partial charge is 0.261 e. The second kappa shape index (κ2) is 9.87. The lowest BCUT2D eigenvalue weighted by Gasteiger charge is -2.26. The van der Waals surface area contributed by atoms with Crippen molar-refractivity contribution in [3.05, 3.63) is 69.5 Å². The monoisotopic (exact) mass is 462 g/mol. The number of anilines is 1. The number of ether oxygens (including phenoxy) is 1. The molecule has 0 spiro atoms. The van der Waals surface area contributed by atoms with Crippen molar-refractivity contribution in [3.63, 3.8) is 0 Å². The fraction of sp³-hybridized carbons (Fsp3) is 0.346. The Morgan fingerprint density at radius 3 is 2.62 bits per heavy atom. The Labute approximate surface area is 196 Å². The molecule has 3 heterocycles. The number of halogens is 1. The Hall–Kier alpha value is -3.36. The minimum atomic E-state index is -0.442. The zero-order chi connectivity index (χ0) is 23.5. The van der Waals surface area contributed by atoms with Gasteiger partial charge in [0, 0.05) is 31.7 Å². The Kier molecular flexibility index (Phi) is 6.51. The number of carbonyl (C=O) groups is 1. The molecule has 3 aromatic rings. The van der Waals surface area contributed by atoms with Gasteiger partial charge in [-0.2, -0.15) is 0 Å². The van der Waals surface area contributed by atoms with Crippen molar-refractivity contribution in [3.8, 4) is 0 Å². The van der Waals surface area contributed by atoms with E-state index in [0.717, 1.165) is 56.7 Å². The van der Waals surface area contributed by atoms with E-state index in [1.54, 1.807) is 22.8 Å². The molecule has 5 rings (SSSR count). The van der Waals surface area contributed by atoms with E-state index in [2.05, 4.69) is 10.2 Å². The second-order valence-corrected chi connectivity index (χ2v) is 8.68. The molecule has 0 amide bonds. The van der Waals surface area contributed by atoms with Crippen LogP contribution in [0.4, 0.5) is 10.1 Å². The van der Waals surface area contributed by atoms with E-state index in [9.17, 15) is 14.0 Å². The van der Waals surface area contributed by atoms with Crippen LogP contribution >= 0.6 is 0 Å². The third-order valence-corrected chi connectivity index (χ3v) is 6.42. The van der Waals surface area contributed by atoms with Gasteiger partial charge in [-0.15, -0.1) is 0 Å². The summed E-state index contributed by atoms with van der Waals surface area (Å²) in [6.07, 6.45) is 4.35. The number of benzene rings is 2. The number of aldehydes is 1. The first-order chi connectivity index (χ1) is 16.6. The van der Waals surface area contributed by atoms with Crippen LogP contribution in [-0.4, -0.2) is 60.1 Å². The second-order valence-electron chi connectivity index (χ2n) is 8.68. The Bertz CT molecular complexity index is 1290. The molecule has 0 radical (unpaired) electrons. The van der Waals surface area contributed by atoms with E-state index in [4.69, 9.17) is 9.72 Å². The van der Waals surface area contributed by atoms with Gasteiger partial charge in [0.05, 0.1) is 29.8 Å². The van der Waals surface area contributed by atoms with Crippen molar-refractivity contribution in [2.45, 2.75) is 19.4 Å². The number of morpholine rings is 1. The van der Waals surface area contributed by atoms with Crippen LogP contribution in [0.25, 0.3) is 22.6 Å². The Morgan fingerprint density at radius 1 is 1.09 bits per heavy atom. The summed E-state index contributed by atoms with van der Waals surface area (Å²) in [6.45, 7) is 5.46. The molecule has 1 N–H and O–H groups in total. The standard InChI is InChI=1S/C26H27FN4O3/c27-22-15-21-23(16-24(22)28-7-1-8-30-10-12-34-13-11-30)29-25-20(6-9-31(25)26(21)33)14-18-2-4-19(17-32)5-3-18/h2-5,14-17,28H,1,6-13H2/b20-14+. The summed E-state index contributed by atoms with van der Waals surface area (Å²) in [5, 5.41) is 3.46. The molecule has 176 valence electrons. The molecule has 0 saturated carbocycles. The van der Waals surface area contributed by atoms with Crippen LogP contribution in [0.3, 0.4) is 0 Å². The number of carbonyl (C=O) groups excluding carboxylic acids is 1. The number of fused-ring (bicyclic) bond motifs is 2. The highest BCUT2D eigenvalue weighted by atomic mass is 19.1. The van der Waals surface area contributed by atoms with Gasteiger partial charge in [-0.05, 0) is 48.7 Å². The maximum absolute atomic E-state index is 14.8. The van der Waals surface area contributed by atoms with Gasteiger partial charge in [0.25, 0.3) is 5.56 Å². The molecular formula is C26H27FN4O3. The maximum atomic E-state index is 14.8. The van der Waals surface area contributed by atoms with Gasteiger partial charge < -0.3 is 10.1 Å². The van der Waals surface area contributed by atoms with Crippen molar-refractivity contribution in [1.29, 1.82) is 0 Å². The fourth-order valence-electron chi connectivity index (χ4n) is 4.53. The molecule has 7 nitrogen and oxygen atoms in total. The van der Waals surface area contributed by atoms with Gasteiger partial charge in [-0.1, -0.05) is 24.3 Å². The highest BCUT2D eigenvalue weighted by molar-refractivity contribution is 5.87. The molecule has 1 aromatic heterocycles. The number of hydrogen-bond donors (Lipinski definition) is 1. The number of nitrogens with one attached hydrogen (secondary N) is 1. The molecule has 8 heteroatoms. The highest BCUT2D eigenvalue weighted by Gasteiger charge is 2.22. The topological polar surface area (TPSA) is 76.5 Å². The maximum Gasteiger partial charge on any atom is 0.261 e. The highest BCUT2D eigenvalue weighted by Crippen LogP contribution is 2.29. The van der Waals surface area contributed by atoms with Crippen LogP contribution in [-0.2, 0) is 11.3 Å². The van der Waals surface area contributed by atoms with Crippen molar-refractivity contribution in [2.24, 2.45) is 0 Å². The van der Waals surface area contributed by atoms with Gasteiger partial charge in [0.2, 0.25) is 0 Å². The summed E-state index contributed by atoms with van der Waals surface area (Å²) in [6, 6.07) is 10.2. The third kappa shape index (κ3) is 4.64. The molecule has 2 aliphatic rings. The van der Waals surface area contributed by atoms with E-state index in [1.807, 2.05) is 18.2 Å². The van der Waals surface area contributed by atoms with Gasteiger partial charge >= 0.3 is 0 Å². The summed E-state index contributed by atoms with van der Waals surface area (Å²) in [5.74, 6) is 0.171. The number of allylic oxidation sites excluding steroid dienone is 1. The minimum Gasteiger partial charge on any atom is -0.383 e. The van der Waals surface area contributed by atoms with E-state index in [0.29, 0.717) is 42.1 Å². The molecule has 2 aromatic carbocycles. The zero-order valence-corrected chi connectivity index (χ0v) is 18.9. The van der Waals surface area contributed by atoms with Crippen LogP contribution < -0.4 is 10.9 Å². The molecule has 0 aliphatic carbocycles. The number of nitrogens with zero attached hydrogens (tertiary/aromatic N) is 3. The molecule has 0 atom stereocenters. The predicted octanol–water partition coefficient (Wildman–Crippen LogP) is 3.43. The van der Waals surface area contributed by atoms with Crippen molar-refractivity contribution >= 4 is 34.5 Å². The summed E-state index contributed by atoms with van der Waals surface area (Å²) in [5.41, 5.74) is 3.11. The van der Waals surface area contributed by atoms with Gasteiger partial charge in [-0.25, -0.2) is 9.37 Å². The van der Waals surface area contributed by atoms with Crippen LogP contribution in [0.5, 0.6) is 0 Å². The first-order valence-electron chi connectivity index (χ1n) is 11.7. The van der Waals surface area contributed by atoms with Crippen molar-refractivity contribution in [2.75, 3.05) is 44.7 Å². The van der Waals surface area contributed by atoms with Gasteiger partial charge in [0.15, 0.2) is 0 Å². The molecule has 1 saturated heterocycles. The predicted molar refractivity (Wildman–Crippen MR) is 131 cm³/mol. The van der Waals surface area contributed by atoms with E-state index in [-0.39, 0.29) is 10.9 Å². The van der Waals surface area contributed by atoms with E-state index in [1.165, 1.54) is 6.07 Å². The largest absolute Gasteiger partial charge is 0.383 e. The van der Waals surface area contributed by atoms with Crippen LogP contribution in [0.1, 0.15) is 34.6 Å². The van der Waals surface area contributed by atoms with E-state index >= 15 is 0 Å². The van der Waals surface area contributed by atoms with Crippen molar-refractivity contribution < 1.29 is 13.9 Å². The van der Waals surface area contributed by atoms with Crippen LogP contribution in [0, 0.1) is 5.82 Å². The van der Waals surface area contributed by atoms with Gasteiger partial charge in [-0.3, -0.25) is 19.1 Å². The van der Waals surface area contributed by atoms with E-state index < -0.39 is 5.82 Å². The minimum absolute atomic E-state index is 0.225. The summed E-state index contributed by atoms with van der Waals surface area (Å²) < 4.78 is 21.7. The Morgan fingerprint density at radius 2 is 1.85 bits per heavy atom. The van der Waals surface area contributed by atoms with Crippen molar-refractivity contribution in [1.82, 2.24) is 14.5 Å². The average molecular weight is 463 g/mol. The number of rotatable bonds is 7. The molecule has 34 heavy (non-hydrogen) atoms. The molecular weight excluding hydrogens is 435 g/mol. The molecule has 1 fully saturated rings. The summed E-state index contributed by atoms with van der Waals surface area (Å²) in [4.78, 5) is 31.0. The quantitative estimate of drug-likeness (QED) is 0.428. The summed E-state index contributed by atoms with van der Waals surface area (Å²) >= 11 is 0. The lowest BCUT2D eigenvalue weighted by molar-refractivity contribution is 0.0378. The molecule has 2 aliphatic heterocycles. The average Bonchev–Trinajstić information content (AvgIpc) is 3.26. The first-order valence-corrected chi connectivity index (χ1v) is 11.7. The zero-order valence-electron chi connectivity index (χ0n) is 18.9.